The predicted molar refractivity (Wildman–Crippen MR) is 144 cm³/mol. The second-order valence-electron chi connectivity index (χ2n) is 9.15. The molecule has 1 heteroatoms. The summed E-state index contributed by atoms with van der Waals surface area (Å²) in [6, 6.07) is 39.8. The molecule has 0 amide bonds. The second-order valence-corrected chi connectivity index (χ2v) is 9.15. The summed E-state index contributed by atoms with van der Waals surface area (Å²) in [7, 11) is 0. The largest absolute Gasteiger partial charge is 0.256 e. The molecule has 0 saturated carbocycles. The highest BCUT2D eigenvalue weighted by atomic mass is 14.7. The summed E-state index contributed by atoms with van der Waals surface area (Å²) < 4.78 is 0. The Balaban J connectivity index is 1.52. The van der Waals surface area contributed by atoms with Crippen molar-refractivity contribution in [2.45, 2.75) is 0 Å². The smallest absolute Gasteiger partial charge is 0.0793 e. The summed E-state index contributed by atoms with van der Waals surface area (Å²) in [5, 5.41) is 10.3. The first-order valence-corrected chi connectivity index (χ1v) is 11.7. The van der Waals surface area contributed by atoms with Crippen molar-refractivity contribution in [1.82, 2.24) is 4.98 Å². The average Bonchev–Trinajstić information content (AvgIpc) is 3.24. The van der Waals surface area contributed by atoms with Gasteiger partial charge in [-0.2, -0.15) is 0 Å². The number of pyridine rings is 1. The van der Waals surface area contributed by atoms with E-state index in [1.807, 2.05) is 12.3 Å². The first-order chi connectivity index (χ1) is 16.9. The van der Waals surface area contributed by atoms with Crippen LogP contribution in [0.3, 0.4) is 0 Å². The molecule has 1 aliphatic carbocycles. The van der Waals surface area contributed by atoms with Crippen LogP contribution in [-0.2, 0) is 0 Å². The summed E-state index contributed by atoms with van der Waals surface area (Å²) in [5.74, 6) is 0. The third kappa shape index (κ3) is 2.26. The Labute approximate surface area is 196 Å². The van der Waals surface area contributed by atoms with E-state index in [4.69, 9.17) is 4.98 Å². The van der Waals surface area contributed by atoms with E-state index in [2.05, 4.69) is 103 Å². The van der Waals surface area contributed by atoms with Crippen molar-refractivity contribution in [2.24, 2.45) is 0 Å². The van der Waals surface area contributed by atoms with E-state index in [1.54, 1.807) is 0 Å². The SMILES string of the molecule is c1cnc2c(c1)-c1cccc3c(-c4ccc5c(ccc6ccccc65)c4)c4ccccc4c-2c13. The van der Waals surface area contributed by atoms with Gasteiger partial charge in [0, 0.05) is 22.7 Å². The number of aromatic nitrogens is 1. The van der Waals surface area contributed by atoms with E-state index < -0.39 is 0 Å². The highest BCUT2D eigenvalue weighted by Crippen LogP contribution is 2.52. The topological polar surface area (TPSA) is 12.9 Å². The van der Waals surface area contributed by atoms with Crippen molar-refractivity contribution in [3.63, 3.8) is 0 Å². The fourth-order valence-corrected chi connectivity index (χ4v) is 6.00. The number of rotatable bonds is 1. The van der Waals surface area contributed by atoms with Gasteiger partial charge in [0.15, 0.2) is 0 Å². The van der Waals surface area contributed by atoms with Crippen LogP contribution in [0.4, 0.5) is 0 Å². The molecular formula is C33H19N. The molecule has 0 spiro atoms. The molecule has 0 N–H and O–H groups in total. The number of hydrogen-bond donors (Lipinski definition) is 0. The molecule has 0 saturated heterocycles. The summed E-state index contributed by atoms with van der Waals surface area (Å²) >= 11 is 0. The van der Waals surface area contributed by atoms with Crippen LogP contribution in [0.1, 0.15) is 0 Å². The lowest BCUT2D eigenvalue weighted by atomic mass is 9.87. The van der Waals surface area contributed by atoms with E-state index in [0.29, 0.717) is 0 Å². The maximum absolute atomic E-state index is 4.82. The van der Waals surface area contributed by atoms with Crippen LogP contribution in [0.25, 0.3) is 76.6 Å². The van der Waals surface area contributed by atoms with E-state index in [-0.39, 0.29) is 0 Å². The zero-order valence-electron chi connectivity index (χ0n) is 18.4. The number of benzene rings is 6. The van der Waals surface area contributed by atoms with E-state index in [9.17, 15) is 0 Å². The lowest BCUT2D eigenvalue weighted by molar-refractivity contribution is 1.35. The van der Waals surface area contributed by atoms with Gasteiger partial charge in [0.05, 0.1) is 5.69 Å². The average molecular weight is 430 g/mol. The van der Waals surface area contributed by atoms with Gasteiger partial charge >= 0.3 is 0 Å². The van der Waals surface area contributed by atoms with Crippen molar-refractivity contribution in [2.75, 3.05) is 0 Å². The molecule has 156 valence electrons. The molecule has 1 aliphatic rings. The zero-order chi connectivity index (χ0) is 22.2. The molecular weight excluding hydrogens is 410 g/mol. The minimum absolute atomic E-state index is 1.10. The fourth-order valence-electron chi connectivity index (χ4n) is 6.00. The molecule has 8 rings (SSSR count). The van der Waals surface area contributed by atoms with Crippen molar-refractivity contribution < 1.29 is 0 Å². The first kappa shape index (κ1) is 18.0. The maximum atomic E-state index is 4.82. The summed E-state index contributed by atoms with van der Waals surface area (Å²) in [6.45, 7) is 0. The third-order valence-electron chi connectivity index (χ3n) is 7.42. The van der Waals surface area contributed by atoms with Gasteiger partial charge in [0.2, 0.25) is 0 Å². The molecule has 6 aromatic carbocycles. The molecule has 7 aromatic rings. The fraction of sp³-hybridized carbons (Fsp3) is 0. The molecule has 1 heterocycles. The van der Waals surface area contributed by atoms with E-state index >= 15 is 0 Å². The van der Waals surface area contributed by atoms with E-state index in [1.165, 1.54) is 70.9 Å². The third-order valence-corrected chi connectivity index (χ3v) is 7.42. The van der Waals surface area contributed by atoms with Crippen LogP contribution < -0.4 is 0 Å². The molecule has 0 aliphatic heterocycles. The Bertz CT molecular complexity index is 1960. The molecule has 1 nitrogen and oxygen atoms in total. The predicted octanol–water partition coefficient (Wildman–Crippen LogP) is 9.01. The highest BCUT2D eigenvalue weighted by Gasteiger charge is 2.26. The lowest BCUT2D eigenvalue weighted by Crippen LogP contribution is -1.89. The van der Waals surface area contributed by atoms with Gasteiger partial charge in [-0.05, 0) is 66.5 Å². The minimum Gasteiger partial charge on any atom is -0.256 e. The molecule has 1 aromatic heterocycles. The standard InChI is InChI=1S/C33H19N/c1-2-8-23-20(7-1)14-15-21-19-22(16-17-24(21)23)30-25-9-3-4-10-26(25)32-31-27(11-5-12-29(30)31)28-13-6-18-34-33(28)32/h1-19H. The summed E-state index contributed by atoms with van der Waals surface area (Å²) in [5.41, 5.74) is 7.45. The number of nitrogens with zero attached hydrogens (tertiary/aromatic N) is 1. The Morgan fingerprint density at radius 2 is 1.15 bits per heavy atom. The second kappa shape index (κ2) is 6.52. The van der Waals surface area contributed by atoms with Crippen molar-refractivity contribution in [3.05, 3.63) is 115 Å². The zero-order valence-corrected chi connectivity index (χ0v) is 18.4. The van der Waals surface area contributed by atoms with Crippen molar-refractivity contribution in [3.8, 4) is 33.5 Å². The monoisotopic (exact) mass is 429 g/mol. The van der Waals surface area contributed by atoms with Crippen LogP contribution in [0.15, 0.2) is 115 Å². The number of hydrogen-bond acceptors (Lipinski definition) is 1. The Morgan fingerprint density at radius 3 is 2.06 bits per heavy atom. The molecule has 0 radical (unpaired) electrons. The van der Waals surface area contributed by atoms with Crippen LogP contribution >= 0.6 is 0 Å². The number of fused-ring (bicyclic) bond motifs is 8. The molecule has 0 fully saturated rings. The van der Waals surface area contributed by atoms with Gasteiger partial charge in [-0.1, -0.05) is 97.1 Å². The minimum atomic E-state index is 1.10. The molecule has 0 atom stereocenters. The van der Waals surface area contributed by atoms with Gasteiger partial charge in [0.25, 0.3) is 0 Å². The maximum Gasteiger partial charge on any atom is 0.0793 e. The molecule has 34 heavy (non-hydrogen) atoms. The highest BCUT2D eigenvalue weighted by molar-refractivity contribution is 6.28. The van der Waals surface area contributed by atoms with Crippen LogP contribution in [0.5, 0.6) is 0 Å². The van der Waals surface area contributed by atoms with Gasteiger partial charge < -0.3 is 0 Å². The van der Waals surface area contributed by atoms with Gasteiger partial charge in [-0.3, -0.25) is 4.98 Å². The normalized spacial score (nSPS) is 12.1. The van der Waals surface area contributed by atoms with Gasteiger partial charge in [-0.25, -0.2) is 0 Å². The Kier molecular flexibility index (Phi) is 3.45. The summed E-state index contributed by atoms with van der Waals surface area (Å²) in [6.07, 6.45) is 1.91. The van der Waals surface area contributed by atoms with E-state index in [0.717, 1.165) is 5.69 Å². The lowest BCUT2D eigenvalue weighted by Gasteiger charge is -2.16. The molecule has 0 unspecified atom stereocenters. The van der Waals surface area contributed by atoms with Crippen molar-refractivity contribution >= 4 is 43.1 Å². The molecule has 0 bridgehead atoms. The van der Waals surface area contributed by atoms with Crippen LogP contribution in [0.2, 0.25) is 0 Å². The summed E-state index contributed by atoms with van der Waals surface area (Å²) in [4.78, 5) is 4.82. The van der Waals surface area contributed by atoms with Gasteiger partial charge in [-0.15, -0.1) is 0 Å². The Morgan fingerprint density at radius 1 is 0.441 bits per heavy atom. The Hall–Kier alpha value is -4.49. The van der Waals surface area contributed by atoms with Crippen molar-refractivity contribution in [1.29, 1.82) is 0 Å². The van der Waals surface area contributed by atoms with Crippen LogP contribution in [-0.4, -0.2) is 4.98 Å². The first-order valence-electron chi connectivity index (χ1n) is 11.7. The van der Waals surface area contributed by atoms with Gasteiger partial charge in [0.1, 0.15) is 0 Å². The van der Waals surface area contributed by atoms with Crippen LogP contribution in [0, 0.1) is 0 Å². The quantitative estimate of drug-likeness (QED) is 0.187.